The molecule has 0 saturated heterocycles. The van der Waals surface area contributed by atoms with Gasteiger partial charge in [0.1, 0.15) is 5.75 Å². The maximum Gasteiger partial charge on any atom is 0.124 e. The van der Waals surface area contributed by atoms with Crippen molar-refractivity contribution in [2.45, 2.75) is 46.1 Å². The molecule has 2 rings (SSSR count). The van der Waals surface area contributed by atoms with E-state index in [0.29, 0.717) is 6.10 Å². The smallest absolute Gasteiger partial charge is 0.124 e. The summed E-state index contributed by atoms with van der Waals surface area (Å²) in [6.45, 7) is 6.69. The molecular weight excluding hydrogens is 210 g/mol. The minimum absolute atomic E-state index is 0.363. The summed E-state index contributed by atoms with van der Waals surface area (Å²) in [5.74, 6) is 2.55. The predicted octanol–water partition coefficient (Wildman–Crippen LogP) is 3.78. The minimum Gasteiger partial charge on any atom is -0.490 e. The van der Waals surface area contributed by atoms with Crippen LogP contribution in [-0.4, -0.2) is 6.10 Å². The SMILES string of the molecule is Cc1c(N)cccc1OC1CCC(C)C(C)C1. The van der Waals surface area contributed by atoms with E-state index in [1.54, 1.807) is 0 Å². The van der Waals surface area contributed by atoms with E-state index in [4.69, 9.17) is 10.5 Å². The van der Waals surface area contributed by atoms with Crippen LogP contribution >= 0.6 is 0 Å². The van der Waals surface area contributed by atoms with Gasteiger partial charge in [-0.15, -0.1) is 0 Å². The summed E-state index contributed by atoms with van der Waals surface area (Å²) < 4.78 is 6.11. The van der Waals surface area contributed by atoms with E-state index in [9.17, 15) is 0 Å². The van der Waals surface area contributed by atoms with Gasteiger partial charge in [0.05, 0.1) is 6.10 Å². The van der Waals surface area contributed by atoms with Crippen LogP contribution in [0.2, 0.25) is 0 Å². The van der Waals surface area contributed by atoms with E-state index in [-0.39, 0.29) is 0 Å². The highest BCUT2D eigenvalue weighted by molar-refractivity contribution is 5.53. The summed E-state index contributed by atoms with van der Waals surface area (Å²) >= 11 is 0. The Morgan fingerprint density at radius 3 is 2.65 bits per heavy atom. The van der Waals surface area contributed by atoms with Crippen LogP contribution in [0.3, 0.4) is 0 Å². The van der Waals surface area contributed by atoms with Gasteiger partial charge in [0, 0.05) is 11.3 Å². The van der Waals surface area contributed by atoms with Crippen molar-refractivity contribution in [3.05, 3.63) is 23.8 Å². The van der Waals surface area contributed by atoms with Crippen LogP contribution in [-0.2, 0) is 0 Å². The lowest BCUT2D eigenvalue weighted by Gasteiger charge is -2.32. The van der Waals surface area contributed by atoms with E-state index in [0.717, 1.165) is 35.3 Å². The Labute approximate surface area is 104 Å². The molecule has 17 heavy (non-hydrogen) atoms. The average molecular weight is 233 g/mol. The van der Waals surface area contributed by atoms with Gasteiger partial charge < -0.3 is 10.5 Å². The molecule has 0 aromatic heterocycles. The van der Waals surface area contributed by atoms with E-state index in [1.807, 2.05) is 25.1 Å². The molecule has 0 bridgehead atoms. The number of nitrogen functional groups attached to an aromatic ring is 1. The summed E-state index contributed by atoms with van der Waals surface area (Å²) in [5, 5.41) is 0. The van der Waals surface area contributed by atoms with Crippen molar-refractivity contribution in [1.29, 1.82) is 0 Å². The number of hydrogen-bond donors (Lipinski definition) is 1. The Bertz CT molecular complexity index is 389. The van der Waals surface area contributed by atoms with Crippen LogP contribution in [0, 0.1) is 18.8 Å². The second-order valence-corrected chi connectivity index (χ2v) is 5.48. The third-order valence-corrected chi connectivity index (χ3v) is 4.17. The van der Waals surface area contributed by atoms with Crippen molar-refractivity contribution in [2.24, 2.45) is 11.8 Å². The quantitative estimate of drug-likeness (QED) is 0.789. The standard InChI is InChI=1S/C15H23NO/c1-10-7-8-13(9-11(10)2)17-15-6-4-5-14(16)12(15)3/h4-6,10-11,13H,7-9,16H2,1-3H3. The Morgan fingerprint density at radius 1 is 1.18 bits per heavy atom. The highest BCUT2D eigenvalue weighted by Gasteiger charge is 2.26. The monoisotopic (exact) mass is 233 g/mol. The lowest BCUT2D eigenvalue weighted by atomic mass is 9.80. The van der Waals surface area contributed by atoms with Crippen molar-refractivity contribution < 1.29 is 4.74 Å². The molecule has 1 aliphatic carbocycles. The Balaban J connectivity index is 2.04. The molecule has 0 radical (unpaired) electrons. The maximum absolute atomic E-state index is 6.11. The molecule has 0 amide bonds. The predicted molar refractivity (Wildman–Crippen MR) is 72.2 cm³/mol. The van der Waals surface area contributed by atoms with E-state index in [2.05, 4.69) is 13.8 Å². The fourth-order valence-corrected chi connectivity index (χ4v) is 2.54. The molecule has 3 unspecified atom stereocenters. The number of nitrogens with two attached hydrogens (primary N) is 1. The molecule has 1 aromatic rings. The summed E-state index contributed by atoms with van der Waals surface area (Å²) in [4.78, 5) is 0. The van der Waals surface area contributed by atoms with Gasteiger partial charge in [-0.05, 0) is 50.2 Å². The van der Waals surface area contributed by atoms with Crippen molar-refractivity contribution in [1.82, 2.24) is 0 Å². The third-order valence-electron chi connectivity index (χ3n) is 4.17. The highest BCUT2D eigenvalue weighted by atomic mass is 16.5. The first-order valence-electron chi connectivity index (χ1n) is 6.59. The van der Waals surface area contributed by atoms with Gasteiger partial charge in [0.15, 0.2) is 0 Å². The molecular formula is C15H23NO. The summed E-state index contributed by atoms with van der Waals surface area (Å²) in [5.41, 5.74) is 7.78. The number of hydrogen-bond acceptors (Lipinski definition) is 2. The second-order valence-electron chi connectivity index (χ2n) is 5.48. The van der Waals surface area contributed by atoms with E-state index >= 15 is 0 Å². The third kappa shape index (κ3) is 2.74. The molecule has 1 aromatic carbocycles. The first kappa shape index (κ1) is 12.3. The molecule has 0 aliphatic heterocycles. The largest absolute Gasteiger partial charge is 0.490 e. The molecule has 1 saturated carbocycles. The van der Waals surface area contributed by atoms with Crippen LogP contribution in [0.25, 0.3) is 0 Å². The molecule has 0 spiro atoms. The minimum atomic E-state index is 0.363. The van der Waals surface area contributed by atoms with Crippen LogP contribution in [0.4, 0.5) is 5.69 Å². The average Bonchev–Trinajstić information content (AvgIpc) is 2.30. The maximum atomic E-state index is 6.11. The van der Waals surface area contributed by atoms with Crippen molar-refractivity contribution in [2.75, 3.05) is 5.73 Å². The molecule has 2 nitrogen and oxygen atoms in total. The summed E-state index contributed by atoms with van der Waals surface area (Å²) in [6.07, 6.45) is 3.96. The first-order valence-corrected chi connectivity index (χ1v) is 6.59. The molecule has 0 heterocycles. The van der Waals surface area contributed by atoms with Crippen LogP contribution < -0.4 is 10.5 Å². The number of anilines is 1. The summed E-state index contributed by atoms with van der Waals surface area (Å²) in [7, 11) is 0. The number of benzene rings is 1. The number of ether oxygens (including phenoxy) is 1. The zero-order valence-electron chi connectivity index (χ0n) is 11.1. The fraction of sp³-hybridized carbons (Fsp3) is 0.600. The Hall–Kier alpha value is -1.18. The molecule has 94 valence electrons. The van der Waals surface area contributed by atoms with Gasteiger partial charge >= 0.3 is 0 Å². The fourth-order valence-electron chi connectivity index (χ4n) is 2.54. The van der Waals surface area contributed by atoms with Crippen molar-refractivity contribution >= 4 is 5.69 Å². The van der Waals surface area contributed by atoms with Crippen LogP contribution in [0.5, 0.6) is 5.75 Å². The van der Waals surface area contributed by atoms with Gasteiger partial charge in [-0.25, -0.2) is 0 Å². The first-order chi connectivity index (χ1) is 8.08. The molecule has 3 atom stereocenters. The molecule has 1 aliphatic rings. The molecule has 1 fully saturated rings. The Morgan fingerprint density at radius 2 is 1.94 bits per heavy atom. The van der Waals surface area contributed by atoms with Crippen LogP contribution in [0.15, 0.2) is 18.2 Å². The summed E-state index contributed by atoms with van der Waals surface area (Å²) in [6, 6.07) is 5.91. The molecule has 2 heteroatoms. The van der Waals surface area contributed by atoms with Gasteiger partial charge in [-0.1, -0.05) is 19.9 Å². The highest BCUT2D eigenvalue weighted by Crippen LogP contribution is 2.33. The second kappa shape index (κ2) is 4.99. The molecule has 2 N–H and O–H groups in total. The van der Waals surface area contributed by atoms with Crippen molar-refractivity contribution in [3.8, 4) is 5.75 Å². The zero-order valence-corrected chi connectivity index (χ0v) is 11.1. The van der Waals surface area contributed by atoms with Crippen molar-refractivity contribution in [3.63, 3.8) is 0 Å². The van der Waals surface area contributed by atoms with E-state index in [1.165, 1.54) is 12.8 Å². The van der Waals surface area contributed by atoms with Crippen LogP contribution in [0.1, 0.15) is 38.7 Å². The van der Waals surface area contributed by atoms with E-state index < -0.39 is 0 Å². The van der Waals surface area contributed by atoms with Gasteiger partial charge in [-0.2, -0.15) is 0 Å². The normalized spacial score (nSPS) is 29.0. The topological polar surface area (TPSA) is 35.2 Å². The van der Waals surface area contributed by atoms with Gasteiger partial charge in [-0.3, -0.25) is 0 Å². The lowest BCUT2D eigenvalue weighted by molar-refractivity contribution is 0.100. The lowest BCUT2D eigenvalue weighted by Crippen LogP contribution is -2.29. The van der Waals surface area contributed by atoms with Gasteiger partial charge in [0.25, 0.3) is 0 Å². The Kier molecular flexibility index (Phi) is 3.60. The zero-order chi connectivity index (χ0) is 12.4. The van der Waals surface area contributed by atoms with Gasteiger partial charge in [0.2, 0.25) is 0 Å². The number of rotatable bonds is 2.